The van der Waals surface area contributed by atoms with Crippen molar-refractivity contribution in [3.63, 3.8) is 0 Å². The van der Waals surface area contributed by atoms with E-state index in [-0.39, 0.29) is 6.54 Å². The van der Waals surface area contributed by atoms with Gasteiger partial charge in [0.2, 0.25) is 5.91 Å². The maximum atomic E-state index is 11.2. The van der Waals surface area contributed by atoms with Crippen LogP contribution in [0.1, 0.15) is 22.3 Å². The maximum Gasteiger partial charge on any atom is 0.325 e. The summed E-state index contributed by atoms with van der Waals surface area (Å²) in [7, 11) is 0. The van der Waals surface area contributed by atoms with Crippen LogP contribution in [0.4, 0.5) is 5.69 Å². The van der Waals surface area contributed by atoms with Crippen LogP contribution in [0.25, 0.3) is 0 Å². The molecule has 1 unspecified atom stereocenters. The second-order valence-electron chi connectivity index (χ2n) is 5.00. The smallest absolute Gasteiger partial charge is 0.325 e. The Kier molecular flexibility index (Phi) is 3.20. The summed E-state index contributed by atoms with van der Waals surface area (Å²) in [6.45, 7) is 2.64. The van der Waals surface area contributed by atoms with Gasteiger partial charge in [0, 0.05) is 24.3 Å². The first-order valence-electron chi connectivity index (χ1n) is 6.01. The highest BCUT2D eigenvalue weighted by molar-refractivity contribution is 5.94. The van der Waals surface area contributed by atoms with Crippen LogP contribution in [0.15, 0.2) is 18.2 Å². The summed E-state index contributed by atoms with van der Waals surface area (Å²) in [5.74, 6) is -1.45. The first kappa shape index (κ1) is 13.4. The average Bonchev–Trinajstić information content (AvgIpc) is 2.73. The van der Waals surface area contributed by atoms with Gasteiger partial charge >= 0.3 is 5.97 Å². The monoisotopic (exact) mass is 263 g/mol. The van der Waals surface area contributed by atoms with Crippen LogP contribution in [0.2, 0.25) is 0 Å². The van der Waals surface area contributed by atoms with E-state index in [1.54, 1.807) is 19.1 Å². The Bertz CT molecular complexity index is 544. The number of hydrogen-bond acceptors (Lipinski definition) is 4. The highest BCUT2D eigenvalue weighted by atomic mass is 16.4. The van der Waals surface area contributed by atoms with E-state index in [9.17, 15) is 9.59 Å². The van der Waals surface area contributed by atoms with Gasteiger partial charge in [-0.05, 0) is 37.1 Å². The third-order valence-corrected chi connectivity index (χ3v) is 3.57. The molecule has 1 amide bonds. The lowest BCUT2D eigenvalue weighted by molar-refractivity contribution is -0.142. The third-order valence-electron chi connectivity index (χ3n) is 3.57. The van der Waals surface area contributed by atoms with Crippen LogP contribution < -0.4 is 16.4 Å². The Hall–Kier alpha value is -2.08. The molecule has 1 fully saturated rings. The highest BCUT2D eigenvalue weighted by Crippen LogP contribution is 2.27. The summed E-state index contributed by atoms with van der Waals surface area (Å²) in [5.41, 5.74) is 12.0. The van der Waals surface area contributed by atoms with E-state index in [0.29, 0.717) is 18.5 Å². The van der Waals surface area contributed by atoms with Crippen LogP contribution >= 0.6 is 0 Å². The molecular weight excluding hydrogens is 246 g/mol. The molecule has 1 saturated heterocycles. The first-order chi connectivity index (χ1) is 8.83. The number of aryl methyl sites for hydroxylation is 1. The number of carbonyl (C=O) groups is 2. The van der Waals surface area contributed by atoms with Gasteiger partial charge in [0.1, 0.15) is 5.54 Å². The Morgan fingerprint density at radius 3 is 2.58 bits per heavy atom. The lowest BCUT2D eigenvalue weighted by Crippen LogP contribution is -2.50. The number of carboxylic acid groups (broad SMARTS) is 1. The number of carboxylic acids is 1. The van der Waals surface area contributed by atoms with E-state index in [1.807, 2.05) is 11.0 Å². The van der Waals surface area contributed by atoms with Crippen molar-refractivity contribution in [3.8, 4) is 0 Å². The molecule has 0 spiro atoms. The second kappa shape index (κ2) is 4.55. The van der Waals surface area contributed by atoms with Crippen molar-refractivity contribution in [2.24, 2.45) is 11.5 Å². The summed E-state index contributed by atoms with van der Waals surface area (Å²) >= 11 is 0. The number of hydrogen-bond donors (Lipinski definition) is 3. The standard InChI is InChI=1S/C13H17N3O3/c1-8-6-9(2-3-10(8)11(14)17)16-5-4-13(15,7-16)12(18)19/h2-3,6H,4-5,7,15H2,1H3,(H2,14,17)(H,18,19). The molecule has 6 heteroatoms. The molecular formula is C13H17N3O3. The van der Waals surface area contributed by atoms with Gasteiger partial charge in [-0.25, -0.2) is 0 Å². The van der Waals surface area contributed by atoms with E-state index in [2.05, 4.69) is 0 Å². The summed E-state index contributed by atoms with van der Waals surface area (Å²) < 4.78 is 0. The van der Waals surface area contributed by atoms with Gasteiger partial charge in [0.25, 0.3) is 0 Å². The zero-order chi connectivity index (χ0) is 14.2. The van der Waals surface area contributed by atoms with Crippen molar-refractivity contribution >= 4 is 17.6 Å². The summed E-state index contributed by atoms with van der Waals surface area (Å²) in [6.07, 6.45) is 0.402. The number of nitrogens with zero attached hydrogens (tertiary/aromatic N) is 1. The molecule has 102 valence electrons. The maximum absolute atomic E-state index is 11.2. The van der Waals surface area contributed by atoms with Gasteiger partial charge in [-0.1, -0.05) is 0 Å². The number of primary amides is 1. The van der Waals surface area contributed by atoms with Gasteiger partial charge in [0.15, 0.2) is 0 Å². The summed E-state index contributed by atoms with van der Waals surface area (Å²) in [4.78, 5) is 24.2. The fourth-order valence-electron chi connectivity index (χ4n) is 2.35. The zero-order valence-corrected chi connectivity index (χ0v) is 10.7. The van der Waals surface area contributed by atoms with Gasteiger partial charge < -0.3 is 21.5 Å². The third kappa shape index (κ3) is 2.39. The number of aliphatic carboxylic acids is 1. The van der Waals surface area contributed by atoms with E-state index in [0.717, 1.165) is 11.3 Å². The molecule has 1 aromatic rings. The van der Waals surface area contributed by atoms with Crippen LogP contribution in [0, 0.1) is 6.92 Å². The molecule has 1 aliphatic heterocycles. The Morgan fingerprint density at radius 1 is 1.42 bits per heavy atom. The quantitative estimate of drug-likeness (QED) is 0.715. The first-order valence-corrected chi connectivity index (χ1v) is 6.01. The molecule has 1 aliphatic rings. The largest absolute Gasteiger partial charge is 0.480 e. The van der Waals surface area contributed by atoms with Crippen molar-refractivity contribution in [1.29, 1.82) is 0 Å². The fraction of sp³-hybridized carbons (Fsp3) is 0.385. The fourth-order valence-corrected chi connectivity index (χ4v) is 2.35. The molecule has 1 atom stereocenters. The van der Waals surface area contributed by atoms with Gasteiger partial charge in [-0.2, -0.15) is 0 Å². The van der Waals surface area contributed by atoms with E-state index >= 15 is 0 Å². The topological polar surface area (TPSA) is 110 Å². The van der Waals surface area contributed by atoms with Crippen LogP contribution in [0.3, 0.4) is 0 Å². The van der Waals surface area contributed by atoms with Crippen molar-refractivity contribution in [3.05, 3.63) is 29.3 Å². The van der Waals surface area contributed by atoms with Crippen molar-refractivity contribution in [2.75, 3.05) is 18.0 Å². The molecule has 0 aromatic heterocycles. The predicted octanol–water partition coefficient (Wildman–Crippen LogP) is 0.0861. The number of amides is 1. The molecule has 0 aliphatic carbocycles. The number of benzene rings is 1. The lowest BCUT2D eigenvalue weighted by Gasteiger charge is -2.22. The van der Waals surface area contributed by atoms with Gasteiger partial charge in [-0.3, -0.25) is 9.59 Å². The predicted molar refractivity (Wildman–Crippen MR) is 71.1 cm³/mol. The van der Waals surface area contributed by atoms with Gasteiger partial charge in [-0.15, -0.1) is 0 Å². The summed E-state index contributed by atoms with van der Waals surface area (Å²) in [6, 6.07) is 5.25. The molecule has 0 radical (unpaired) electrons. The molecule has 6 nitrogen and oxygen atoms in total. The molecule has 2 rings (SSSR count). The Morgan fingerprint density at radius 2 is 2.11 bits per heavy atom. The minimum Gasteiger partial charge on any atom is -0.480 e. The van der Waals surface area contributed by atoms with E-state index in [4.69, 9.17) is 16.6 Å². The number of carbonyl (C=O) groups excluding carboxylic acids is 1. The van der Waals surface area contributed by atoms with Crippen molar-refractivity contribution < 1.29 is 14.7 Å². The van der Waals surface area contributed by atoms with Crippen LogP contribution in [-0.4, -0.2) is 35.6 Å². The summed E-state index contributed by atoms with van der Waals surface area (Å²) in [5, 5.41) is 9.10. The zero-order valence-electron chi connectivity index (χ0n) is 10.7. The van der Waals surface area contributed by atoms with Crippen molar-refractivity contribution in [1.82, 2.24) is 0 Å². The molecule has 0 bridgehead atoms. The minimum atomic E-state index is -1.20. The van der Waals surface area contributed by atoms with Crippen LogP contribution in [0.5, 0.6) is 0 Å². The normalized spacial score (nSPS) is 22.5. The average molecular weight is 263 g/mol. The van der Waals surface area contributed by atoms with Crippen molar-refractivity contribution in [2.45, 2.75) is 18.9 Å². The molecule has 0 saturated carbocycles. The Balaban J connectivity index is 2.23. The molecule has 1 aromatic carbocycles. The molecule has 5 N–H and O–H groups in total. The number of nitrogens with two attached hydrogens (primary N) is 2. The molecule has 19 heavy (non-hydrogen) atoms. The lowest BCUT2D eigenvalue weighted by atomic mass is 10.0. The highest BCUT2D eigenvalue weighted by Gasteiger charge is 2.41. The molecule has 1 heterocycles. The number of anilines is 1. The Labute approximate surface area is 111 Å². The van der Waals surface area contributed by atoms with E-state index < -0.39 is 17.4 Å². The number of rotatable bonds is 3. The second-order valence-corrected chi connectivity index (χ2v) is 5.00. The van der Waals surface area contributed by atoms with Crippen LogP contribution in [-0.2, 0) is 4.79 Å². The SMILES string of the molecule is Cc1cc(N2CCC(N)(C(=O)O)C2)ccc1C(N)=O. The van der Waals surface area contributed by atoms with Gasteiger partial charge in [0.05, 0.1) is 0 Å². The van der Waals surface area contributed by atoms with E-state index in [1.165, 1.54) is 0 Å². The minimum absolute atomic E-state index is 0.262.